The SMILES string of the molecule is Cc1cn(CCOc2ccc(Br)cc2)nc1N. The van der Waals surface area contributed by atoms with Crippen molar-refractivity contribution in [1.29, 1.82) is 0 Å². The van der Waals surface area contributed by atoms with Crippen molar-refractivity contribution in [3.05, 3.63) is 40.5 Å². The van der Waals surface area contributed by atoms with Crippen molar-refractivity contribution in [3.8, 4) is 5.75 Å². The molecule has 0 saturated heterocycles. The molecule has 0 saturated carbocycles. The number of rotatable bonds is 4. The van der Waals surface area contributed by atoms with Gasteiger partial charge in [-0.25, -0.2) is 0 Å². The predicted octanol–water partition coefficient (Wildman–Crippen LogP) is 2.62. The average Bonchev–Trinajstić information content (AvgIpc) is 2.61. The largest absolute Gasteiger partial charge is 0.492 e. The highest BCUT2D eigenvalue weighted by atomic mass is 79.9. The number of hydrogen-bond acceptors (Lipinski definition) is 3. The minimum atomic E-state index is 0.572. The highest BCUT2D eigenvalue weighted by molar-refractivity contribution is 9.10. The van der Waals surface area contributed by atoms with Gasteiger partial charge in [0.1, 0.15) is 18.2 Å². The zero-order valence-electron chi connectivity index (χ0n) is 9.56. The van der Waals surface area contributed by atoms with Crippen LogP contribution in [0.15, 0.2) is 34.9 Å². The van der Waals surface area contributed by atoms with Crippen LogP contribution in [0.3, 0.4) is 0 Å². The van der Waals surface area contributed by atoms with Crippen LogP contribution in [0.25, 0.3) is 0 Å². The first-order chi connectivity index (χ1) is 8.15. The normalized spacial score (nSPS) is 10.5. The molecule has 17 heavy (non-hydrogen) atoms. The number of nitrogens with zero attached hydrogens (tertiary/aromatic N) is 2. The smallest absolute Gasteiger partial charge is 0.148 e. The molecule has 0 spiro atoms. The fraction of sp³-hybridized carbons (Fsp3) is 0.250. The van der Waals surface area contributed by atoms with Crippen LogP contribution in [0.1, 0.15) is 5.56 Å². The Morgan fingerprint density at radius 3 is 2.65 bits per heavy atom. The Morgan fingerprint density at radius 2 is 2.06 bits per heavy atom. The molecule has 0 amide bonds. The number of nitrogen functional groups attached to an aromatic ring is 1. The summed E-state index contributed by atoms with van der Waals surface area (Å²) in [6.45, 7) is 3.20. The van der Waals surface area contributed by atoms with Crippen LogP contribution in [0.5, 0.6) is 5.75 Å². The highest BCUT2D eigenvalue weighted by Crippen LogP contribution is 2.16. The molecule has 2 N–H and O–H groups in total. The molecule has 0 aliphatic rings. The summed E-state index contributed by atoms with van der Waals surface area (Å²) in [6.07, 6.45) is 1.92. The molecule has 1 aromatic carbocycles. The van der Waals surface area contributed by atoms with Gasteiger partial charge < -0.3 is 10.5 Å². The standard InChI is InChI=1S/C12H14BrN3O/c1-9-8-16(15-12(9)14)6-7-17-11-4-2-10(13)3-5-11/h2-5,8H,6-7H2,1H3,(H2,14,15). The quantitative estimate of drug-likeness (QED) is 0.943. The summed E-state index contributed by atoms with van der Waals surface area (Å²) in [5, 5.41) is 4.16. The molecular formula is C12H14BrN3O. The third-order valence-electron chi connectivity index (χ3n) is 2.39. The summed E-state index contributed by atoms with van der Waals surface area (Å²) in [5.74, 6) is 1.43. The van der Waals surface area contributed by atoms with Crippen molar-refractivity contribution in [2.24, 2.45) is 0 Å². The summed E-state index contributed by atoms with van der Waals surface area (Å²) >= 11 is 3.38. The van der Waals surface area contributed by atoms with E-state index in [4.69, 9.17) is 10.5 Å². The molecule has 0 fully saturated rings. The second-order valence-electron chi connectivity index (χ2n) is 3.76. The molecule has 2 rings (SSSR count). The Morgan fingerprint density at radius 1 is 1.35 bits per heavy atom. The lowest BCUT2D eigenvalue weighted by Gasteiger charge is -2.06. The van der Waals surface area contributed by atoms with Crippen LogP contribution in [0.2, 0.25) is 0 Å². The topological polar surface area (TPSA) is 53.1 Å². The fourth-order valence-corrected chi connectivity index (χ4v) is 1.70. The van der Waals surface area contributed by atoms with Gasteiger partial charge >= 0.3 is 0 Å². The fourth-order valence-electron chi connectivity index (χ4n) is 1.44. The Kier molecular flexibility index (Phi) is 3.68. The molecule has 2 aromatic rings. The van der Waals surface area contributed by atoms with E-state index in [1.807, 2.05) is 37.4 Å². The van der Waals surface area contributed by atoms with Crippen molar-refractivity contribution in [1.82, 2.24) is 9.78 Å². The van der Waals surface area contributed by atoms with Gasteiger partial charge in [-0.15, -0.1) is 0 Å². The molecule has 0 aliphatic carbocycles. The van der Waals surface area contributed by atoms with E-state index in [0.717, 1.165) is 15.8 Å². The molecule has 0 atom stereocenters. The van der Waals surface area contributed by atoms with Gasteiger partial charge in [0.25, 0.3) is 0 Å². The van der Waals surface area contributed by atoms with Crippen molar-refractivity contribution in [3.63, 3.8) is 0 Å². The van der Waals surface area contributed by atoms with Crippen molar-refractivity contribution in [2.75, 3.05) is 12.3 Å². The lowest BCUT2D eigenvalue weighted by molar-refractivity contribution is 0.291. The van der Waals surface area contributed by atoms with Gasteiger partial charge in [-0.3, -0.25) is 4.68 Å². The molecule has 0 radical (unpaired) electrons. The van der Waals surface area contributed by atoms with Crippen LogP contribution >= 0.6 is 15.9 Å². The van der Waals surface area contributed by atoms with Gasteiger partial charge in [0.15, 0.2) is 0 Å². The lowest BCUT2D eigenvalue weighted by atomic mass is 10.3. The average molecular weight is 296 g/mol. The summed E-state index contributed by atoms with van der Waals surface area (Å²) in [6, 6.07) is 7.75. The second-order valence-corrected chi connectivity index (χ2v) is 4.68. The van der Waals surface area contributed by atoms with Crippen molar-refractivity contribution < 1.29 is 4.74 Å². The Bertz CT molecular complexity index is 473. The Labute approximate surface area is 109 Å². The van der Waals surface area contributed by atoms with Crippen LogP contribution in [-0.4, -0.2) is 16.4 Å². The third kappa shape index (κ3) is 3.23. The molecule has 90 valence electrons. The maximum atomic E-state index is 5.66. The third-order valence-corrected chi connectivity index (χ3v) is 2.91. The van der Waals surface area contributed by atoms with Gasteiger partial charge in [0.2, 0.25) is 0 Å². The molecule has 0 aliphatic heterocycles. The molecule has 4 nitrogen and oxygen atoms in total. The first-order valence-electron chi connectivity index (χ1n) is 5.33. The number of benzene rings is 1. The Balaban J connectivity index is 1.85. The van der Waals surface area contributed by atoms with Crippen molar-refractivity contribution in [2.45, 2.75) is 13.5 Å². The van der Waals surface area contributed by atoms with Crippen LogP contribution < -0.4 is 10.5 Å². The van der Waals surface area contributed by atoms with E-state index in [1.54, 1.807) is 4.68 Å². The van der Waals surface area contributed by atoms with Gasteiger partial charge in [-0.1, -0.05) is 15.9 Å². The van der Waals surface area contributed by atoms with Crippen LogP contribution in [0.4, 0.5) is 5.82 Å². The van der Waals surface area contributed by atoms with Gasteiger partial charge in [0.05, 0.1) is 6.54 Å². The number of halogens is 1. The number of aryl methyl sites for hydroxylation is 1. The summed E-state index contributed by atoms with van der Waals surface area (Å²) in [4.78, 5) is 0. The van der Waals surface area contributed by atoms with E-state index in [0.29, 0.717) is 19.0 Å². The maximum Gasteiger partial charge on any atom is 0.148 e. The summed E-state index contributed by atoms with van der Waals surface area (Å²) < 4.78 is 8.43. The number of ether oxygens (including phenoxy) is 1. The first kappa shape index (κ1) is 12.0. The van der Waals surface area contributed by atoms with Gasteiger partial charge in [-0.05, 0) is 31.2 Å². The monoisotopic (exact) mass is 295 g/mol. The molecule has 5 heteroatoms. The molecule has 1 aromatic heterocycles. The molecule has 0 bridgehead atoms. The summed E-state index contributed by atoms with van der Waals surface area (Å²) in [7, 11) is 0. The maximum absolute atomic E-state index is 5.66. The van der Waals surface area contributed by atoms with E-state index >= 15 is 0 Å². The molecule has 1 heterocycles. The number of anilines is 1. The zero-order valence-corrected chi connectivity index (χ0v) is 11.1. The number of aromatic nitrogens is 2. The van der Waals surface area contributed by atoms with Gasteiger partial charge in [-0.2, -0.15) is 5.10 Å². The first-order valence-corrected chi connectivity index (χ1v) is 6.12. The molecule has 0 unspecified atom stereocenters. The Hall–Kier alpha value is -1.49. The number of hydrogen-bond donors (Lipinski definition) is 1. The minimum Gasteiger partial charge on any atom is -0.492 e. The molecular weight excluding hydrogens is 282 g/mol. The van der Waals surface area contributed by atoms with E-state index in [1.165, 1.54) is 0 Å². The summed E-state index contributed by atoms with van der Waals surface area (Å²) in [5.41, 5.74) is 6.66. The van der Waals surface area contributed by atoms with Crippen molar-refractivity contribution >= 4 is 21.7 Å². The minimum absolute atomic E-state index is 0.572. The van der Waals surface area contributed by atoms with E-state index in [2.05, 4.69) is 21.0 Å². The predicted molar refractivity (Wildman–Crippen MR) is 71.0 cm³/mol. The second kappa shape index (κ2) is 5.23. The lowest BCUT2D eigenvalue weighted by Crippen LogP contribution is -2.08. The van der Waals surface area contributed by atoms with E-state index in [9.17, 15) is 0 Å². The highest BCUT2D eigenvalue weighted by Gasteiger charge is 2.00. The van der Waals surface area contributed by atoms with E-state index < -0.39 is 0 Å². The zero-order chi connectivity index (χ0) is 12.3. The van der Waals surface area contributed by atoms with Crippen LogP contribution in [0, 0.1) is 6.92 Å². The van der Waals surface area contributed by atoms with E-state index in [-0.39, 0.29) is 0 Å². The van der Waals surface area contributed by atoms with Gasteiger partial charge in [0, 0.05) is 16.2 Å². The van der Waals surface area contributed by atoms with Crippen LogP contribution in [-0.2, 0) is 6.54 Å². The number of nitrogens with two attached hydrogens (primary N) is 1.